The largest absolute Gasteiger partial charge is 0.453 e. The Morgan fingerprint density at radius 3 is 2.33 bits per heavy atom. The molecule has 0 unspecified atom stereocenters. The van der Waals surface area contributed by atoms with Crippen molar-refractivity contribution in [1.29, 1.82) is 0 Å². The summed E-state index contributed by atoms with van der Waals surface area (Å²) in [4.78, 5) is 0. The van der Waals surface area contributed by atoms with E-state index >= 15 is 0 Å². The quantitative estimate of drug-likeness (QED) is 0.450. The lowest BCUT2D eigenvalue weighted by Crippen LogP contribution is -2.32. The van der Waals surface area contributed by atoms with E-state index in [0.29, 0.717) is 0 Å². The third-order valence-corrected chi connectivity index (χ3v) is 6.49. The number of hydrogen-bond acceptors (Lipinski definition) is 1. The van der Waals surface area contributed by atoms with Crippen molar-refractivity contribution >= 4 is 17.4 Å². The topological polar surface area (TPSA) is 9.23 Å². The van der Waals surface area contributed by atoms with Crippen LogP contribution in [0.5, 0.6) is 0 Å². The van der Waals surface area contributed by atoms with Crippen LogP contribution in [0.4, 0.5) is 0 Å². The van der Waals surface area contributed by atoms with Gasteiger partial charge in [0.2, 0.25) is 9.04 Å². The zero-order valence-electron chi connectivity index (χ0n) is 11.1. The second kappa shape index (κ2) is 8.30. The minimum Gasteiger partial charge on any atom is -0.453 e. The normalized spacial score (nSPS) is 12.9. The summed E-state index contributed by atoms with van der Waals surface area (Å²) < 4.78 is 6.02. The summed E-state index contributed by atoms with van der Waals surface area (Å²) in [5, 5.41) is 0. The Hall–Kier alpha value is 0.134. The van der Waals surface area contributed by atoms with Crippen LogP contribution >= 0.6 is 0 Å². The highest BCUT2D eigenvalue weighted by molar-refractivity contribution is 6.78. The number of allylic oxidation sites excluding steroid dienone is 1. The Balaban J connectivity index is 3.50. The SMILES string of the molecule is CCCCCCC=C[Si](C)O[Si](C)(C)C. The highest BCUT2D eigenvalue weighted by atomic mass is 28.4. The second-order valence-corrected chi connectivity index (χ2v) is 11.7. The molecule has 0 aromatic carbocycles. The van der Waals surface area contributed by atoms with Crippen LogP contribution in [0.1, 0.15) is 39.0 Å². The van der Waals surface area contributed by atoms with Crippen molar-refractivity contribution in [3.05, 3.63) is 11.8 Å². The Morgan fingerprint density at radius 1 is 1.13 bits per heavy atom. The van der Waals surface area contributed by atoms with Gasteiger partial charge < -0.3 is 4.12 Å². The zero-order chi connectivity index (χ0) is 11.7. The zero-order valence-corrected chi connectivity index (χ0v) is 13.1. The lowest BCUT2D eigenvalue weighted by Gasteiger charge is -2.20. The molecule has 1 nitrogen and oxygen atoms in total. The third-order valence-electron chi connectivity index (χ3n) is 2.04. The Morgan fingerprint density at radius 2 is 1.80 bits per heavy atom. The molecule has 0 spiro atoms. The molecule has 0 amide bonds. The van der Waals surface area contributed by atoms with Gasteiger partial charge in [-0.25, -0.2) is 0 Å². The highest BCUT2D eigenvalue weighted by Crippen LogP contribution is 2.07. The van der Waals surface area contributed by atoms with Gasteiger partial charge in [0.05, 0.1) is 0 Å². The summed E-state index contributed by atoms with van der Waals surface area (Å²) in [5.74, 6) is 0. The van der Waals surface area contributed by atoms with E-state index in [1.54, 1.807) is 0 Å². The van der Waals surface area contributed by atoms with Gasteiger partial charge in [0.15, 0.2) is 8.32 Å². The maximum atomic E-state index is 6.02. The maximum Gasteiger partial charge on any atom is 0.223 e. The molecule has 0 aromatic rings. The van der Waals surface area contributed by atoms with Crippen molar-refractivity contribution in [3.8, 4) is 0 Å². The predicted octanol–water partition coefficient (Wildman–Crippen LogP) is 4.53. The van der Waals surface area contributed by atoms with Gasteiger partial charge in [-0.1, -0.05) is 38.0 Å². The van der Waals surface area contributed by atoms with Crippen LogP contribution in [0.3, 0.4) is 0 Å². The van der Waals surface area contributed by atoms with Gasteiger partial charge in [-0.05, 0) is 39.0 Å². The molecular weight excluding hydrogens is 216 g/mol. The second-order valence-electron chi connectivity index (χ2n) is 5.08. The van der Waals surface area contributed by atoms with Crippen molar-refractivity contribution in [2.24, 2.45) is 0 Å². The standard InChI is InChI=1S/C12H27OSi2/c1-6-7-8-9-10-11-12-14(2)13-15(3,4)5/h11-12H,6-10H2,1-5H3. The summed E-state index contributed by atoms with van der Waals surface area (Å²) in [6.45, 7) is 11.3. The number of hydrogen-bond donors (Lipinski definition) is 0. The molecule has 0 heterocycles. The number of rotatable bonds is 8. The average Bonchev–Trinajstić information content (AvgIpc) is 2.08. The summed E-state index contributed by atoms with van der Waals surface area (Å²) >= 11 is 0. The molecule has 0 aliphatic rings. The molecule has 1 radical (unpaired) electrons. The molecule has 0 fully saturated rings. The summed E-state index contributed by atoms with van der Waals surface area (Å²) in [7, 11) is -1.97. The van der Waals surface area contributed by atoms with Crippen molar-refractivity contribution in [3.63, 3.8) is 0 Å². The van der Waals surface area contributed by atoms with Crippen LogP contribution < -0.4 is 0 Å². The fourth-order valence-electron chi connectivity index (χ4n) is 1.46. The van der Waals surface area contributed by atoms with Crippen molar-refractivity contribution in [1.82, 2.24) is 0 Å². The molecule has 0 saturated heterocycles. The smallest absolute Gasteiger partial charge is 0.223 e. The Labute approximate surface area is 98.8 Å². The fraction of sp³-hybridized carbons (Fsp3) is 0.833. The first-order valence-corrected chi connectivity index (χ1v) is 11.5. The molecule has 89 valence electrons. The van der Waals surface area contributed by atoms with Gasteiger partial charge in [0, 0.05) is 0 Å². The molecule has 0 N–H and O–H groups in total. The Kier molecular flexibility index (Phi) is 8.38. The van der Waals surface area contributed by atoms with E-state index in [9.17, 15) is 0 Å². The van der Waals surface area contributed by atoms with Gasteiger partial charge in [-0.2, -0.15) is 0 Å². The molecular formula is C12H27OSi2. The molecule has 0 bridgehead atoms. The van der Waals surface area contributed by atoms with Gasteiger partial charge >= 0.3 is 0 Å². The fourth-order valence-corrected chi connectivity index (χ4v) is 6.09. The minimum atomic E-state index is -1.31. The molecule has 3 heteroatoms. The first-order valence-electron chi connectivity index (χ1n) is 6.15. The van der Waals surface area contributed by atoms with Crippen molar-refractivity contribution in [2.75, 3.05) is 0 Å². The van der Waals surface area contributed by atoms with Crippen molar-refractivity contribution < 1.29 is 4.12 Å². The van der Waals surface area contributed by atoms with E-state index < -0.39 is 17.4 Å². The van der Waals surface area contributed by atoms with Crippen LogP contribution in [0.15, 0.2) is 11.8 Å². The molecule has 0 atom stereocenters. The molecule has 0 saturated carbocycles. The van der Waals surface area contributed by atoms with Gasteiger partial charge in [-0.3, -0.25) is 0 Å². The van der Waals surface area contributed by atoms with Crippen molar-refractivity contribution in [2.45, 2.75) is 65.2 Å². The van der Waals surface area contributed by atoms with Crippen LogP contribution in [0, 0.1) is 0 Å². The van der Waals surface area contributed by atoms with E-state index in [1.165, 1.54) is 32.1 Å². The molecule has 0 aliphatic carbocycles. The molecule has 0 aromatic heterocycles. The van der Waals surface area contributed by atoms with E-state index in [1.807, 2.05) is 0 Å². The average molecular weight is 244 g/mol. The van der Waals surface area contributed by atoms with Crippen LogP contribution in [0.25, 0.3) is 0 Å². The maximum absolute atomic E-state index is 6.02. The lowest BCUT2D eigenvalue weighted by molar-refractivity contribution is 0.587. The predicted molar refractivity (Wildman–Crippen MR) is 73.9 cm³/mol. The first kappa shape index (κ1) is 15.1. The highest BCUT2D eigenvalue weighted by Gasteiger charge is 2.17. The van der Waals surface area contributed by atoms with Crippen LogP contribution in [0.2, 0.25) is 26.2 Å². The van der Waals surface area contributed by atoms with Crippen LogP contribution in [-0.2, 0) is 4.12 Å². The third kappa shape index (κ3) is 12.1. The van der Waals surface area contributed by atoms with E-state index in [-0.39, 0.29) is 0 Å². The molecule has 0 aliphatic heterocycles. The summed E-state index contributed by atoms with van der Waals surface area (Å²) in [6, 6.07) is 0. The van der Waals surface area contributed by atoms with Gasteiger partial charge in [0.25, 0.3) is 0 Å². The lowest BCUT2D eigenvalue weighted by atomic mass is 10.2. The Bertz CT molecular complexity index is 173. The van der Waals surface area contributed by atoms with E-state index in [2.05, 4.69) is 44.9 Å². The first-order chi connectivity index (χ1) is 6.95. The van der Waals surface area contributed by atoms with Gasteiger partial charge in [0.1, 0.15) is 0 Å². The van der Waals surface area contributed by atoms with E-state index in [0.717, 1.165) is 0 Å². The van der Waals surface area contributed by atoms with Crippen LogP contribution in [-0.4, -0.2) is 17.4 Å². The molecule has 0 rings (SSSR count). The summed E-state index contributed by atoms with van der Waals surface area (Å²) in [5.41, 5.74) is 2.31. The van der Waals surface area contributed by atoms with E-state index in [4.69, 9.17) is 4.12 Å². The minimum absolute atomic E-state index is 0.658. The number of unbranched alkanes of at least 4 members (excludes halogenated alkanes) is 4. The molecule has 15 heavy (non-hydrogen) atoms. The van der Waals surface area contributed by atoms with Gasteiger partial charge in [-0.15, -0.1) is 0 Å². The monoisotopic (exact) mass is 243 g/mol. The summed E-state index contributed by atoms with van der Waals surface area (Å²) in [6.07, 6.45) is 8.98.